The van der Waals surface area contributed by atoms with Gasteiger partial charge in [-0.2, -0.15) is 5.10 Å². The number of hydrogen-bond acceptors (Lipinski definition) is 5. The van der Waals surface area contributed by atoms with E-state index >= 15 is 0 Å². The van der Waals surface area contributed by atoms with E-state index in [1.807, 2.05) is 36.5 Å². The summed E-state index contributed by atoms with van der Waals surface area (Å²) in [5, 5.41) is 6.95. The zero-order valence-electron chi connectivity index (χ0n) is 13.8. The van der Waals surface area contributed by atoms with E-state index in [0.717, 1.165) is 11.1 Å². The second kappa shape index (κ2) is 6.79. The first-order valence-electron chi connectivity index (χ1n) is 8.22. The van der Waals surface area contributed by atoms with E-state index in [1.165, 1.54) is 0 Å². The van der Waals surface area contributed by atoms with Crippen molar-refractivity contribution in [3.8, 4) is 5.82 Å². The van der Waals surface area contributed by atoms with E-state index in [9.17, 15) is 9.59 Å². The van der Waals surface area contributed by atoms with Crippen molar-refractivity contribution >= 4 is 11.9 Å². The van der Waals surface area contributed by atoms with Gasteiger partial charge in [-0.15, -0.1) is 0 Å². The molecule has 0 aliphatic carbocycles. The summed E-state index contributed by atoms with van der Waals surface area (Å²) < 4.78 is 6.95. The average Bonchev–Trinajstić information content (AvgIpc) is 3.30. The minimum Gasteiger partial charge on any atom is -0.453 e. The molecule has 4 rings (SSSR count). The molecule has 1 aliphatic rings. The molecule has 1 aromatic carbocycles. The van der Waals surface area contributed by atoms with Crippen LogP contribution in [0.1, 0.15) is 34.0 Å². The van der Waals surface area contributed by atoms with Crippen molar-refractivity contribution < 1.29 is 14.3 Å². The third kappa shape index (κ3) is 3.19. The number of pyridine rings is 1. The monoisotopic (exact) mass is 348 g/mol. The lowest BCUT2D eigenvalue weighted by Crippen LogP contribution is -2.24. The van der Waals surface area contributed by atoms with Gasteiger partial charge in [-0.05, 0) is 23.8 Å². The first-order valence-corrected chi connectivity index (χ1v) is 8.22. The van der Waals surface area contributed by atoms with Crippen LogP contribution in [0.25, 0.3) is 5.82 Å². The van der Waals surface area contributed by atoms with E-state index in [-0.39, 0.29) is 18.3 Å². The van der Waals surface area contributed by atoms with Gasteiger partial charge < -0.3 is 10.1 Å². The fourth-order valence-corrected chi connectivity index (χ4v) is 2.87. The predicted molar refractivity (Wildman–Crippen MR) is 92.4 cm³/mol. The molecule has 0 radical (unpaired) electrons. The van der Waals surface area contributed by atoms with Crippen molar-refractivity contribution in [1.82, 2.24) is 20.1 Å². The number of carbonyl (C=O) groups excluding carboxylic acids is 2. The van der Waals surface area contributed by atoms with Crippen LogP contribution in [-0.2, 0) is 16.1 Å². The lowest BCUT2D eigenvalue weighted by Gasteiger charge is -2.11. The quantitative estimate of drug-likeness (QED) is 0.714. The normalized spacial score (nSPS) is 15.4. The van der Waals surface area contributed by atoms with Crippen molar-refractivity contribution in [2.45, 2.75) is 19.1 Å². The van der Waals surface area contributed by atoms with Gasteiger partial charge in [0.2, 0.25) is 5.91 Å². The Morgan fingerprint density at radius 3 is 2.85 bits per heavy atom. The van der Waals surface area contributed by atoms with Gasteiger partial charge in [0.15, 0.2) is 5.82 Å². The van der Waals surface area contributed by atoms with Crippen LogP contribution < -0.4 is 5.32 Å². The number of amides is 1. The minimum atomic E-state index is -0.529. The molecular weight excluding hydrogens is 332 g/mol. The summed E-state index contributed by atoms with van der Waals surface area (Å²) in [6, 6.07) is 12.7. The highest BCUT2D eigenvalue weighted by Gasteiger charge is 2.31. The molecule has 0 spiro atoms. The summed E-state index contributed by atoms with van der Waals surface area (Å²) in [4.78, 5) is 28.3. The van der Waals surface area contributed by atoms with Gasteiger partial charge in [0.05, 0.1) is 12.0 Å². The Morgan fingerprint density at radius 2 is 2.08 bits per heavy atom. The molecule has 0 fully saturated rings. The summed E-state index contributed by atoms with van der Waals surface area (Å²) in [7, 11) is 0. The number of aromatic nitrogens is 3. The predicted octanol–water partition coefficient (Wildman–Crippen LogP) is 2.19. The van der Waals surface area contributed by atoms with Crippen molar-refractivity contribution in [1.29, 1.82) is 0 Å². The van der Waals surface area contributed by atoms with Crippen molar-refractivity contribution in [2.24, 2.45) is 0 Å². The van der Waals surface area contributed by atoms with E-state index in [2.05, 4.69) is 15.4 Å². The zero-order chi connectivity index (χ0) is 17.9. The maximum atomic E-state index is 12.2. The van der Waals surface area contributed by atoms with Crippen molar-refractivity contribution in [3.63, 3.8) is 0 Å². The zero-order valence-corrected chi connectivity index (χ0v) is 13.8. The van der Waals surface area contributed by atoms with Crippen LogP contribution >= 0.6 is 0 Å². The highest BCUT2D eigenvalue weighted by atomic mass is 16.5. The molecule has 1 amide bonds. The summed E-state index contributed by atoms with van der Waals surface area (Å²) >= 11 is 0. The lowest BCUT2D eigenvalue weighted by atomic mass is 10.0. The fraction of sp³-hybridized carbons (Fsp3) is 0.158. The van der Waals surface area contributed by atoms with Crippen LogP contribution in [0.3, 0.4) is 0 Å². The largest absolute Gasteiger partial charge is 0.453 e. The van der Waals surface area contributed by atoms with Crippen LogP contribution in [0.2, 0.25) is 0 Å². The van der Waals surface area contributed by atoms with Gasteiger partial charge in [0.1, 0.15) is 6.10 Å². The van der Waals surface area contributed by atoms with Gasteiger partial charge in [-0.1, -0.05) is 24.3 Å². The molecule has 1 aliphatic heterocycles. The van der Waals surface area contributed by atoms with Crippen LogP contribution in [0.4, 0.5) is 0 Å². The van der Waals surface area contributed by atoms with Gasteiger partial charge in [-0.3, -0.25) is 4.79 Å². The van der Waals surface area contributed by atoms with E-state index in [0.29, 0.717) is 17.9 Å². The third-order valence-corrected chi connectivity index (χ3v) is 4.19. The highest BCUT2D eigenvalue weighted by Crippen LogP contribution is 2.32. The number of carbonyl (C=O) groups is 2. The molecule has 7 heteroatoms. The smallest absolute Gasteiger partial charge is 0.339 e. The Bertz CT molecular complexity index is 936. The number of nitrogens with one attached hydrogen (secondary N) is 1. The van der Waals surface area contributed by atoms with E-state index < -0.39 is 6.10 Å². The van der Waals surface area contributed by atoms with Gasteiger partial charge in [-0.25, -0.2) is 14.5 Å². The molecule has 3 heterocycles. The molecule has 26 heavy (non-hydrogen) atoms. The molecule has 7 nitrogen and oxygen atoms in total. The number of ether oxygens (including phenoxy) is 1. The molecule has 3 aromatic rings. The topological polar surface area (TPSA) is 86.1 Å². The molecular formula is C19H16N4O3. The van der Waals surface area contributed by atoms with Gasteiger partial charge >= 0.3 is 5.97 Å². The molecule has 0 saturated heterocycles. The summed E-state index contributed by atoms with van der Waals surface area (Å²) in [5.74, 6) is 0.145. The number of fused-ring (bicyclic) bond motifs is 1. The molecule has 0 unspecified atom stereocenters. The first kappa shape index (κ1) is 16.0. The van der Waals surface area contributed by atoms with Crippen molar-refractivity contribution in [3.05, 3.63) is 77.7 Å². The SMILES string of the molecule is O=C(C[C@@H]1OC(=O)c2ccccc21)NCc1ccc(-n2cccn2)nc1. The number of benzene rings is 1. The highest BCUT2D eigenvalue weighted by molar-refractivity contribution is 5.94. The van der Waals surface area contributed by atoms with Crippen molar-refractivity contribution in [2.75, 3.05) is 0 Å². The Hall–Kier alpha value is -3.48. The van der Waals surface area contributed by atoms with Crippen LogP contribution in [0.5, 0.6) is 0 Å². The molecule has 0 saturated carbocycles. The fourth-order valence-electron chi connectivity index (χ4n) is 2.87. The summed E-state index contributed by atoms with van der Waals surface area (Å²) in [6.07, 6.45) is 4.76. The van der Waals surface area contributed by atoms with Crippen LogP contribution in [0, 0.1) is 0 Å². The Labute approximate surface area is 149 Å². The summed E-state index contributed by atoms with van der Waals surface area (Å²) in [5.41, 5.74) is 2.17. The van der Waals surface area contributed by atoms with E-state index in [1.54, 1.807) is 29.2 Å². The number of rotatable bonds is 5. The van der Waals surface area contributed by atoms with E-state index in [4.69, 9.17) is 4.74 Å². The Balaban J connectivity index is 1.34. The molecule has 1 N–H and O–H groups in total. The van der Waals surface area contributed by atoms with Gasteiger partial charge in [0.25, 0.3) is 0 Å². The van der Waals surface area contributed by atoms with Gasteiger partial charge in [0, 0.05) is 30.7 Å². The molecule has 2 aromatic heterocycles. The second-order valence-electron chi connectivity index (χ2n) is 5.94. The third-order valence-electron chi connectivity index (χ3n) is 4.19. The Morgan fingerprint density at radius 1 is 1.19 bits per heavy atom. The molecule has 1 atom stereocenters. The Kier molecular flexibility index (Phi) is 4.18. The number of nitrogens with zero attached hydrogens (tertiary/aromatic N) is 3. The number of cyclic esters (lactones) is 1. The minimum absolute atomic E-state index is 0.0988. The van der Waals surface area contributed by atoms with Crippen LogP contribution in [-0.4, -0.2) is 26.6 Å². The lowest BCUT2D eigenvalue weighted by molar-refractivity contribution is -0.123. The standard InChI is InChI=1S/C19H16N4O3/c24-18(10-16-14-4-1-2-5-15(14)19(25)26-16)21-12-13-6-7-17(20-11-13)23-9-3-8-22-23/h1-9,11,16H,10,12H2,(H,21,24)/t16-/m0/s1. The van der Waals surface area contributed by atoms with Crippen LogP contribution in [0.15, 0.2) is 61.1 Å². The molecule has 130 valence electrons. The summed E-state index contributed by atoms with van der Waals surface area (Å²) in [6.45, 7) is 0.355. The number of hydrogen-bond donors (Lipinski definition) is 1. The molecule has 0 bridgehead atoms. The maximum Gasteiger partial charge on any atom is 0.339 e. The average molecular weight is 348 g/mol. The maximum absolute atomic E-state index is 12.2. The second-order valence-corrected chi connectivity index (χ2v) is 5.94. The first-order chi connectivity index (χ1) is 12.7. The number of esters is 1.